The van der Waals surface area contributed by atoms with Gasteiger partial charge >= 0.3 is 0 Å². The molecule has 0 saturated heterocycles. The third kappa shape index (κ3) is 5.55. The SMILES string of the molecule is Cc1csc(NC(=O)C(C)Sc2nnc(CNC(=O)c3ccc(Cl)cc3)n2C)n1. The monoisotopic (exact) mass is 450 g/mol. The number of rotatable bonds is 7. The van der Waals surface area contributed by atoms with Crippen molar-refractivity contribution >= 4 is 51.6 Å². The van der Waals surface area contributed by atoms with E-state index in [1.807, 2.05) is 12.3 Å². The van der Waals surface area contributed by atoms with Gasteiger partial charge in [-0.2, -0.15) is 0 Å². The zero-order valence-electron chi connectivity index (χ0n) is 16.0. The van der Waals surface area contributed by atoms with Crippen molar-refractivity contribution in [2.24, 2.45) is 7.05 Å². The fraction of sp³-hybridized carbons (Fsp3) is 0.278. The van der Waals surface area contributed by atoms with Gasteiger partial charge in [-0.05, 0) is 38.1 Å². The minimum atomic E-state index is -0.390. The van der Waals surface area contributed by atoms with Crippen LogP contribution in [0, 0.1) is 6.92 Å². The number of hydrogen-bond acceptors (Lipinski definition) is 7. The lowest BCUT2D eigenvalue weighted by molar-refractivity contribution is -0.115. The van der Waals surface area contributed by atoms with Crippen LogP contribution in [0.2, 0.25) is 5.02 Å². The smallest absolute Gasteiger partial charge is 0.251 e. The second-order valence-corrected chi connectivity index (χ2v) is 8.79. The summed E-state index contributed by atoms with van der Waals surface area (Å²) >= 11 is 8.50. The quantitative estimate of drug-likeness (QED) is 0.535. The highest BCUT2D eigenvalue weighted by atomic mass is 35.5. The Morgan fingerprint density at radius 2 is 2.00 bits per heavy atom. The van der Waals surface area contributed by atoms with E-state index in [1.54, 1.807) is 42.8 Å². The van der Waals surface area contributed by atoms with E-state index in [-0.39, 0.29) is 18.4 Å². The second kappa shape index (κ2) is 9.38. The molecular formula is C18H19ClN6O2S2. The van der Waals surface area contributed by atoms with Crippen molar-refractivity contribution < 1.29 is 9.59 Å². The molecule has 1 aromatic carbocycles. The van der Waals surface area contributed by atoms with Crippen LogP contribution < -0.4 is 10.6 Å². The van der Waals surface area contributed by atoms with Crippen LogP contribution in [-0.2, 0) is 18.4 Å². The number of halogens is 1. The number of aryl methyl sites for hydroxylation is 1. The molecule has 1 unspecified atom stereocenters. The molecule has 3 aromatic rings. The van der Waals surface area contributed by atoms with E-state index in [9.17, 15) is 9.59 Å². The molecule has 0 bridgehead atoms. The minimum Gasteiger partial charge on any atom is -0.345 e. The Balaban J connectivity index is 1.56. The van der Waals surface area contributed by atoms with Crippen LogP contribution in [-0.4, -0.2) is 36.8 Å². The summed E-state index contributed by atoms with van der Waals surface area (Å²) < 4.78 is 1.75. The topological polar surface area (TPSA) is 102 Å². The molecular weight excluding hydrogens is 432 g/mol. The van der Waals surface area contributed by atoms with Gasteiger partial charge in [0.2, 0.25) is 5.91 Å². The van der Waals surface area contributed by atoms with Crippen LogP contribution >= 0.6 is 34.7 Å². The lowest BCUT2D eigenvalue weighted by Gasteiger charge is -2.10. The first-order valence-electron chi connectivity index (χ1n) is 8.65. The highest BCUT2D eigenvalue weighted by Gasteiger charge is 2.20. The highest BCUT2D eigenvalue weighted by molar-refractivity contribution is 8.00. The molecule has 0 radical (unpaired) electrons. The van der Waals surface area contributed by atoms with Gasteiger partial charge in [0.1, 0.15) is 0 Å². The molecule has 0 aliphatic rings. The van der Waals surface area contributed by atoms with Crippen molar-refractivity contribution in [2.75, 3.05) is 5.32 Å². The standard InChI is InChI=1S/C18H19ClN6O2S2/c1-10-9-28-17(21-10)22-15(26)11(2)29-18-24-23-14(25(18)3)8-20-16(27)12-4-6-13(19)7-5-12/h4-7,9,11H,8H2,1-3H3,(H,20,27)(H,21,22,26). The molecule has 2 N–H and O–H groups in total. The van der Waals surface area contributed by atoms with E-state index < -0.39 is 5.25 Å². The number of carbonyl (C=O) groups is 2. The number of thiazole rings is 1. The minimum absolute atomic E-state index is 0.162. The number of hydrogen-bond donors (Lipinski definition) is 2. The van der Waals surface area contributed by atoms with Crippen LogP contribution in [0.4, 0.5) is 5.13 Å². The Labute approximate surface area is 181 Å². The van der Waals surface area contributed by atoms with Gasteiger partial charge in [0.05, 0.1) is 17.5 Å². The molecule has 0 saturated carbocycles. The lowest BCUT2D eigenvalue weighted by Crippen LogP contribution is -2.24. The molecule has 2 aromatic heterocycles. The molecule has 152 valence electrons. The molecule has 0 fully saturated rings. The van der Waals surface area contributed by atoms with Gasteiger partial charge in [0, 0.05) is 23.0 Å². The summed E-state index contributed by atoms with van der Waals surface area (Å²) in [5, 5.41) is 17.0. The highest BCUT2D eigenvalue weighted by Crippen LogP contribution is 2.23. The Morgan fingerprint density at radius 1 is 1.28 bits per heavy atom. The van der Waals surface area contributed by atoms with Gasteiger partial charge in [0.25, 0.3) is 5.91 Å². The zero-order chi connectivity index (χ0) is 21.0. The number of nitrogens with zero attached hydrogens (tertiary/aromatic N) is 4. The van der Waals surface area contributed by atoms with E-state index in [4.69, 9.17) is 11.6 Å². The Kier molecular flexibility index (Phi) is 6.88. The maximum Gasteiger partial charge on any atom is 0.251 e. The van der Waals surface area contributed by atoms with Crippen LogP contribution in [0.5, 0.6) is 0 Å². The Hall–Kier alpha value is -2.43. The zero-order valence-corrected chi connectivity index (χ0v) is 18.4. The van der Waals surface area contributed by atoms with E-state index >= 15 is 0 Å². The van der Waals surface area contributed by atoms with Crippen LogP contribution in [0.3, 0.4) is 0 Å². The number of amides is 2. The maximum atomic E-state index is 12.4. The van der Waals surface area contributed by atoms with E-state index in [0.29, 0.717) is 26.7 Å². The first-order valence-corrected chi connectivity index (χ1v) is 10.8. The predicted molar refractivity (Wildman–Crippen MR) is 114 cm³/mol. The summed E-state index contributed by atoms with van der Waals surface area (Å²) in [6.45, 7) is 3.87. The lowest BCUT2D eigenvalue weighted by atomic mass is 10.2. The van der Waals surface area contributed by atoms with Crippen LogP contribution in [0.25, 0.3) is 0 Å². The van der Waals surface area contributed by atoms with Gasteiger partial charge in [-0.15, -0.1) is 21.5 Å². The summed E-state index contributed by atoms with van der Waals surface area (Å²) in [6, 6.07) is 6.62. The van der Waals surface area contributed by atoms with Crippen molar-refractivity contribution in [3.8, 4) is 0 Å². The molecule has 3 rings (SSSR count). The average molecular weight is 451 g/mol. The number of nitrogens with one attached hydrogen (secondary N) is 2. The summed E-state index contributed by atoms with van der Waals surface area (Å²) in [5.74, 6) is 0.188. The number of thioether (sulfide) groups is 1. The molecule has 0 aliphatic heterocycles. The first-order chi connectivity index (χ1) is 13.8. The molecule has 1 atom stereocenters. The summed E-state index contributed by atoms with van der Waals surface area (Å²) in [5.41, 5.74) is 1.37. The van der Waals surface area contributed by atoms with Crippen molar-refractivity contribution in [1.82, 2.24) is 25.1 Å². The van der Waals surface area contributed by atoms with Crippen LogP contribution in [0.1, 0.15) is 28.8 Å². The van der Waals surface area contributed by atoms with Crippen molar-refractivity contribution in [3.05, 3.63) is 51.7 Å². The fourth-order valence-corrected chi connectivity index (χ4v) is 3.95. The molecule has 2 heterocycles. The second-order valence-electron chi connectivity index (χ2n) is 6.19. The maximum absolute atomic E-state index is 12.4. The molecule has 8 nitrogen and oxygen atoms in total. The molecule has 0 aliphatic carbocycles. The Bertz CT molecular complexity index is 1020. The van der Waals surface area contributed by atoms with E-state index in [2.05, 4.69) is 25.8 Å². The van der Waals surface area contributed by atoms with Crippen molar-refractivity contribution in [3.63, 3.8) is 0 Å². The van der Waals surface area contributed by atoms with Gasteiger partial charge in [0.15, 0.2) is 16.1 Å². The van der Waals surface area contributed by atoms with Gasteiger partial charge in [-0.3, -0.25) is 9.59 Å². The van der Waals surface area contributed by atoms with Crippen molar-refractivity contribution in [2.45, 2.75) is 30.8 Å². The predicted octanol–water partition coefficient (Wildman–Crippen LogP) is 3.28. The van der Waals surface area contributed by atoms with Crippen molar-refractivity contribution in [1.29, 1.82) is 0 Å². The normalized spacial score (nSPS) is 11.9. The third-order valence-electron chi connectivity index (χ3n) is 3.94. The summed E-state index contributed by atoms with van der Waals surface area (Å²) in [7, 11) is 1.79. The van der Waals surface area contributed by atoms with Gasteiger partial charge < -0.3 is 15.2 Å². The fourth-order valence-electron chi connectivity index (χ4n) is 2.29. The number of carbonyl (C=O) groups excluding carboxylic acids is 2. The number of benzene rings is 1. The summed E-state index contributed by atoms with van der Waals surface area (Å²) in [4.78, 5) is 28.8. The molecule has 0 spiro atoms. The summed E-state index contributed by atoms with van der Waals surface area (Å²) in [6.07, 6.45) is 0. The van der Waals surface area contributed by atoms with Crippen LogP contribution in [0.15, 0.2) is 34.8 Å². The van der Waals surface area contributed by atoms with Gasteiger partial charge in [-0.1, -0.05) is 23.4 Å². The van der Waals surface area contributed by atoms with E-state index in [1.165, 1.54) is 23.1 Å². The Morgan fingerprint density at radius 3 is 2.66 bits per heavy atom. The number of aromatic nitrogens is 4. The molecule has 29 heavy (non-hydrogen) atoms. The van der Waals surface area contributed by atoms with E-state index in [0.717, 1.165) is 5.69 Å². The largest absolute Gasteiger partial charge is 0.345 e. The van der Waals surface area contributed by atoms with Gasteiger partial charge in [-0.25, -0.2) is 4.98 Å². The molecule has 2 amide bonds. The number of anilines is 1. The molecule has 11 heteroatoms. The first kappa shape index (κ1) is 21.3. The third-order valence-corrected chi connectivity index (χ3v) is 6.20. The average Bonchev–Trinajstić information content (AvgIpc) is 3.26.